The normalized spacial score (nSPS) is 10.7. The van der Waals surface area contributed by atoms with Gasteiger partial charge in [0.2, 0.25) is 0 Å². The van der Waals surface area contributed by atoms with Crippen LogP contribution in [-0.4, -0.2) is 15.6 Å². The molecule has 1 N–H and O–H groups in total. The molecule has 0 aliphatic rings. The third kappa shape index (κ3) is 2.56. The summed E-state index contributed by atoms with van der Waals surface area (Å²) in [7, 11) is 0. The molecule has 0 aliphatic heterocycles. The lowest BCUT2D eigenvalue weighted by Crippen LogP contribution is -2.22. The van der Waals surface area contributed by atoms with Crippen LogP contribution in [0.25, 0.3) is 21.9 Å². The van der Waals surface area contributed by atoms with Crippen molar-refractivity contribution >= 4 is 16.7 Å². The fourth-order valence-corrected chi connectivity index (χ4v) is 2.44. The number of rotatable bonds is 3. The van der Waals surface area contributed by atoms with Crippen LogP contribution >= 0.6 is 0 Å². The Morgan fingerprint density at radius 3 is 2.57 bits per heavy atom. The second-order valence-corrected chi connectivity index (χ2v) is 4.80. The van der Waals surface area contributed by atoms with Gasteiger partial charge in [-0.1, -0.05) is 42.5 Å². The van der Waals surface area contributed by atoms with E-state index in [4.69, 9.17) is 5.11 Å². The van der Waals surface area contributed by atoms with Crippen molar-refractivity contribution in [3.8, 4) is 11.1 Å². The van der Waals surface area contributed by atoms with Gasteiger partial charge in [0.05, 0.1) is 0 Å². The zero-order valence-corrected chi connectivity index (χ0v) is 11.2. The maximum Gasteiger partial charge on any atom is 0.323 e. The highest BCUT2D eigenvalue weighted by Crippen LogP contribution is 2.27. The fraction of sp³-hybridized carbons (Fsp3) is 0.0588. The van der Waals surface area contributed by atoms with E-state index in [9.17, 15) is 9.59 Å². The van der Waals surface area contributed by atoms with E-state index in [0.717, 1.165) is 21.9 Å². The van der Waals surface area contributed by atoms with Crippen molar-refractivity contribution in [2.45, 2.75) is 6.54 Å². The summed E-state index contributed by atoms with van der Waals surface area (Å²) in [5.74, 6) is -1.04. The van der Waals surface area contributed by atoms with Crippen molar-refractivity contribution in [2.24, 2.45) is 0 Å². The fourth-order valence-electron chi connectivity index (χ4n) is 2.44. The molecule has 21 heavy (non-hydrogen) atoms. The Balaban J connectivity index is 2.19. The average Bonchev–Trinajstić information content (AvgIpc) is 2.48. The predicted octanol–water partition coefficient (Wildman–Crippen LogP) is 2.75. The lowest BCUT2D eigenvalue weighted by Gasteiger charge is -2.09. The first-order valence-electron chi connectivity index (χ1n) is 6.55. The van der Waals surface area contributed by atoms with Gasteiger partial charge in [0.15, 0.2) is 0 Å². The molecule has 104 valence electrons. The minimum absolute atomic E-state index is 0.318. The van der Waals surface area contributed by atoms with Crippen molar-refractivity contribution in [3.05, 3.63) is 71.1 Å². The van der Waals surface area contributed by atoms with Gasteiger partial charge in [0.25, 0.3) is 5.56 Å². The Kier molecular flexibility index (Phi) is 3.28. The molecule has 4 nitrogen and oxygen atoms in total. The number of benzene rings is 2. The smallest absolute Gasteiger partial charge is 0.323 e. The number of hydrogen-bond donors (Lipinski definition) is 1. The molecule has 4 heteroatoms. The molecule has 0 spiro atoms. The Morgan fingerprint density at radius 1 is 1.00 bits per heavy atom. The van der Waals surface area contributed by atoms with Crippen LogP contribution in [0.4, 0.5) is 0 Å². The van der Waals surface area contributed by atoms with Crippen LogP contribution in [0.1, 0.15) is 0 Å². The van der Waals surface area contributed by atoms with E-state index in [1.165, 1.54) is 10.6 Å². The molecule has 0 aliphatic carbocycles. The van der Waals surface area contributed by atoms with Crippen molar-refractivity contribution in [3.63, 3.8) is 0 Å². The molecule has 0 amide bonds. The molecule has 0 atom stereocenters. The Morgan fingerprint density at radius 2 is 1.76 bits per heavy atom. The molecule has 2 aromatic carbocycles. The molecule has 0 saturated heterocycles. The van der Waals surface area contributed by atoms with Crippen LogP contribution in [-0.2, 0) is 11.3 Å². The largest absolute Gasteiger partial charge is 0.480 e. The van der Waals surface area contributed by atoms with E-state index in [1.807, 2.05) is 42.5 Å². The van der Waals surface area contributed by atoms with Gasteiger partial charge >= 0.3 is 5.97 Å². The van der Waals surface area contributed by atoms with Crippen molar-refractivity contribution in [1.82, 2.24) is 4.57 Å². The standard InChI is InChI=1S/C17H13NO3/c19-16-9-8-13(10-18(16)11-17(20)21)15-7-3-5-12-4-1-2-6-14(12)15/h1-10H,11H2,(H,20,21). The molecular weight excluding hydrogens is 266 g/mol. The number of hydrogen-bond acceptors (Lipinski definition) is 2. The van der Waals surface area contributed by atoms with Crippen LogP contribution in [0.3, 0.4) is 0 Å². The molecule has 3 aromatic rings. The van der Waals surface area contributed by atoms with E-state index in [2.05, 4.69) is 0 Å². The average molecular weight is 279 g/mol. The summed E-state index contributed by atoms with van der Waals surface area (Å²) in [5.41, 5.74) is 1.49. The summed E-state index contributed by atoms with van der Waals surface area (Å²) < 4.78 is 1.21. The highest BCUT2D eigenvalue weighted by atomic mass is 16.4. The van der Waals surface area contributed by atoms with Crippen LogP contribution in [0.2, 0.25) is 0 Å². The van der Waals surface area contributed by atoms with Crippen LogP contribution in [0, 0.1) is 0 Å². The van der Waals surface area contributed by atoms with Crippen LogP contribution in [0.5, 0.6) is 0 Å². The van der Waals surface area contributed by atoms with Crippen molar-refractivity contribution in [2.75, 3.05) is 0 Å². The van der Waals surface area contributed by atoms with E-state index >= 15 is 0 Å². The summed E-state index contributed by atoms with van der Waals surface area (Å²) in [6, 6.07) is 17.0. The van der Waals surface area contributed by atoms with E-state index < -0.39 is 5.97 Å². The first kappa shape index (κ1) is 13.1. The second kappa shape index (κ2) is 5.25. The van der Waals surface area contributed by atoms with E-state index in [0.29, 0.717) is 0 Å². The summed E-state index contributed by atoms with van der Waals surface area (Å²) in [6.07, 6.45) is 1.60. The van der Waals surface area contributed by atoms with Gasteiger partial charge in [-0.05, 0) is 28.0 Å². The topological polar surface area (TPSA) is 59.3 Å². The Bertz CT molecular complexity index is 875. The quantitative estimate of drug-likeness (QED) is 0.802. The predicted molar refractivity (Wildman–Crippen MR) is 81.3 cm³/mol. The molecule has 0 saturated carbocycles. The maximum atomic E-state index is 11.7. The van der Waals surface area contributed by atoms with E-state index in [1.54, 1.807) is 12.3 Å². The molecule has 3 rings (SSSR count). The lowest BCUT2D eigenvalue weighted by molar-refractivity contribution is -0.137. The number of aromatic nitrogens is 1. The molecule has 0 radical (unpaired) electrons. The SMILES string of the molecule is O=C(O)Cn1cc(-c2cccc3ccccc23)ccc1=O. The summed E-state index contributed by atoms with van der Waals surface area (Å²) >= 11 is 0. The Labute approximate surface area is 120 Å². The summed E-state index contributed by atoms with van der Waals surface area (Å²) in [6.45, 7) is -0.336. The third-order valence-corrected chi connectivity index (χ3v) is 3.39. The zero-order valence-electron chi connectivity index (χ0n) is 11.2. The number of fused-ring (bicyclic) bond motifs is 1. The molecular formula is C17H13NO3. The molecule has 0 bridgehead atoms. The molecule has 1 aromatic heterocycles. The first-order valence-corrected chi connectivity index (χ1v) is 6.55. The summed E-state index contributed by atoms with van der Waals surface area (Å²) in [5, 5.41) is 11.0. The number of carboxylic acids is 1. The lowest BCUT2D eigenvalue weighted by atomic mass is 9.99. The highest BCUT2D eigenvalue weighted by molar-refractivity contribution is 5.96. The van der Waals surface area contributed by atoms with Gasteiger partial charge < -0.3 is 9.67 Å². The number of aliphatic carboxylic acids is 1. The number of carbonyl (C=O) groups is 1. The minimum Gasteiger partial charge on any atom is -0.480 e. The third-order valence-electron chi connectivity index (χ3n) is 3.39. The molecule has 1 heterocycles. The summed E-state index contributed by atoms with van der Waals surface area (Å²) in [4.78, 5) is 22.5. The van der Waals surface area contributed by atoms with Crippen LogP contribution < -0.4 is 5.56 Å². The molecule has 0 unspecified atom stereocenters. The minimum atomic E-state index is -1.04. The highest BCUT2D eigenvalue weighted by Gasteiger charge is 2.07. The maximum absolute atomic E-state index is 11.7. The van der Waals surface area contributed by atoms with Crippen LogP contribution in [0.15, 0.2) is 65.6 Å². The zero-order chi connectivity index (χ0) is 14.8. The number of carboxylic acid groups (broad SMARTS) is 1. The first-order chi connectivity index (χ1) is 10.1. The van der Waals surface area contributed by atoms with Gasteiger partial charge in [-0.3, -0.25) is 9.59 Å². The van der Waals surface area contributed by atoms with Gasteiger partial charge in [0.1, 0.15) is 6.54 Å². The van der Waals surface area contributed by atoms with Gasteiger partial charge in [-0.15, -0.1) is 0 Å². The van der Waals surface area contributed by atoms with Crippen molar-refractivity contribution < 1.29 is 9.90 Å². The van der Waals surface area contributed by atoms with Gasteiger partial charge in [-0.25, -0.2) is 0 Å². The molecule has 0 fully saturated rings. The van der Waals surface area contributed by atoms with Crippen molar-refractivity contribution in [1.29, 1.82) is 0 Å². The number of nitrogens with zero attached hydrogens (tertiary/aromatic N) is 1. The van der Waals surface area contributed by atoms with Gasteiger partial charge in [-0.2, -0.15) is 0 Å². The monoisotopic (exact) mass is 279 g/mol. The number of pyridine rings is 1. The Hall–Kier alpha value is -2.88. The second-order valence-electron chi connectivity index (χ2n) is 4.80. The van der Waals surface area contributed by atoms with Gasteiger partial charge in [0, 0.05) is 12.3 Å². The van der Waals surface area contributed by atoms with E-state index in [-0.39, 0.29) is 12.1 Å².